The second kappa shape index (κ2) is 13.0. The summed E-state index contributed by atoms with van der Waals surface area (Å²) in [5.74, 6) is 2.61. The molecular formula is C37H31BrN6O4. The second-order valence-electron chi connectivity index (χ2n) is 11.9. The fourth-order valence-corrected chi connectivity index (χ4v) is 6.34. The standard InChI is InChI=1S/C37H31BrN6O4/c1-3-24-18-25(8-15-31(24)38)36(46)42-21-33-34(35(45)40-19-26-6-4-5-7-30(26)32-16-17-39-22-41-32)44(37(47)43(33)20-23(42)2)27-9-11-28(12-10-27)48-29-13-14-29/h1,4-12,15-18,22-23,29H,13-14,19-21H2,2H3,(H,40,45)/t23-/m1/s1. The third-order valence-corrected chi connectivity index (χ3v) is 9.32. The van der Waals surface area contributed by atoms with Crippen LogP contribution in [0.3, 0.4) is 0 Å². The molecule has 240 valence electrons. The van der Waals surface area contributed by atoms with Gasteiger partial charge in [0.05, 0.1) is 29.7 Å². The van der Waals surface area contributed by atoms with E-state index in [-0.39, 0.29) is 49.1 Å². The first-order valence-electron chi connectivity index (χ1n) is 15.6. The van der Waals surface area contributed by atoms with Gasteiger partial charge < -0.3 is 15.0 Å². The lowest BCUT2D eigenvalue weighted by Gasteiger charge is -2.34. The van der Waals surface area contributed by atoms with Crippen LogP contribution in [0.2, 0.25) is 0 Å². The van der Waals surface area contributed by atoms with Gasteiger partial charge in [0, 0.05) is 46.5 Å². The first-order chi connectivity index (χ1) is 23.3. The maximum atomic E-state index is 14.2. The number of halogens is 1. The minimum Gasteiger partial charge on any atom is -0.490 e. The van der Waals surface area contributed by atoms with Crippen LogP contribution in [0, 0.1) is 12.3 Å². The van der Waals surface area contributed by atoms with Gasteiger partial charge in [-0.15, -0.1) is 6.42 Å². The summed E-state index contributed by atoms with van der Waals surface area (Å²) in [7, 11) is 0. The van der Waals surface area contributed by atoms with Crippen molar-refractivity contribution < 1.29 is 14.3 Å². The Bertz CT molecular complexity index is 2130. The van der Waals surface area contributed by atoms with Crippen LogP contribution in [0.15, 0.2) is 94.6 Å². The summed E-state index contributed by atoms with van der Waals surface area (Å²) in [5.41, 5.74) is 4.19. The molecule has 1 aliphatic heterocycles. The molecule has 48 heavy (non-hydrogen) atoms. The molecule has 3 heterocycles. The van der Waals surface area contributed by atoms with Crippen LogP contribution in [-0.4, -0.2) is 48.0 Å². The van der Waals surface area contributed by atoms with Crippen LogP contribution in [0.5, 0.6) is 5.75 Å². The zero-order valence-electron chi connectivity index (χ0n) is 26.1. The van der Waals surface area contributed by atoms with Gasteiger partial charge >= 0.3 is 5.69 Å². The van der Waals surface area contributed by atoms with E-state index in [0.29, 0.717) is 32.7 Å². The highest BCUT2D eigenvalue weighted by molar-refractivity contribution is 9.10. The maximum Gasteiger partial charge on any atom is 0.333 e. The van der Waals surface area contributed by atoms with Gasteiger partial charge in [-0.1, -0.05) is 30.2 Å². The van der Waals surface area contributed by atoms with Gasteiger partial charge in [0.2, 0.25) is 0 Å². The van der Waals surface area contributed by atoms with Gasteiger partial charge in [-0.05, 0) is 89.8 Å². The van der Waals surface area contributed by atoms with Gasteiger partial charge in [-0.3, -0.25) is 18.7 Å². The Labute approximate surface area is 285 Å². The number of carbonyl (C=O) groups excluding carboxylic acids is 2. The molecule has 0 unspecified atom stereocenters. The van der Waals surface area contributed by atoms with Crippen molar-refractivity contribution in [2.45, 2.75) is 51.5 Å². The number of aromatic nitrogens is 4. The number of rotatable bonds is 8. The van der Waals surface area contributed by atoms with Gasteiger partial charge in [0.15, 0.2) is 0 Å². The van der Waals surface area contributed by atoms with E-state index in [1.165, 1.54) is 10.9 Å². The Balaban J connectivity index is 1.26. The van der Waals surface area contributed by atoms with Gasteiger partial charge in [-0.2, -0.15) is 0 Å². The maximum absolute atomic E-state index is 14.2. The monoisotopic (exact) mass is 702 g/mol. The minimum atomic E-state index is -0.447. The molecular weight excluding hydrogens is 672 g/mol. The molecule has 0 bridgehead atoms. The number of nitrogens with zero attached hydrogens (tertiary/aromatic N) is 5. The van der Waals surface area contributed by atoms with Crippen molar-refractivity contribution in [3.05, 3.63) is 128 Å². The summed E-state index contributed by atoms with van der Waals surface area (Å²) in [5, 5.41) is 3.04. The second-order valence-corrected chi connectivity index (χ2v) is 12.7. The van der Waals surface area contributed by atoms with Crippen molar-refractivity contribution in [2.24, 2.45) is 0 Å². The molecule has 7 rings (SSSR count). The Morgan fingerprint density at radius 1 is 1.08 bits per heavy atom. The molecule has 1 N–H and O–H groups in total. The average Bonchev–Trinajstić information content (AvgIpc) is 3.89. The topological polar surface area (TPSA) is 111 Å². The first-order valence-corrected chi connectivity index (χ1v) is 16.4. The molecule has 3 aromatic carbocycles. The number of hydrogen-bond acceptors (Lipinski definition) is 6. The van der Waals surface area contributed by atoms with Crippen LogP contribution in [-0.2, 0) is 19.6 Å². The van der Waals surface area contributed by atoms with Crippen molar-refractivity contribution in [2.75, 3.05) is 0 Å². The minimum absolute atomic E-state index is 0.0485. The molecule has 5 aromatic rings. The summed E-state index contributed by atoms with van der Waals surface area (Å²) in [6, 6.07) is 21.4. The third-order valence-electron chi connectivity index (χ3n) is 8.63. The van der Waals surface area contributed by atoms with Crippen molar-refractivity contribution in [1.29, 1.82) is 0 Å². The van der Waals surface area contributed by atoms with E-state index in [0.717, 1.165) is 29.7 Å². The Kier molecular flexibility index (Phi) is 8.41. The smallest absolute Gasteiger partial charge is 0.333 e. The van der Waals surface area contributed by atoms with E-state index in [9.17, 15) is 14.4 Å². The lowest BCUT2D eigenvalue weighted by atomic mass is 10.0. The molecule has 0 radical (unpaired) electrons. The highest BCUT2D eigenvalue weighted by Crippen LogP contribution is 2.29. The van der Waals surface area contributed by atoms with Crippen LogP contribution in [0.25, 0.3) is 16.9 Å². The first kappa shape index (κ1) is 31.1. The Hall–Kier alpha value is -5.47. The zero-order valence-corrected chi connectivity index (χ0v) is 27.7. The summed E-state index contributed by atoms with van der Waals surface area (Å²) in [6.07, 6.45) is 11.1. The van der Waals surface area contributed by atoms with Crippen molar-refractivity contribution in [1.82, 2.24) is 29.3 Å². The molecule has 2 aliphatic rings. The number of benzene rings is 3. The Morgan fingerprint density at radius 2 is 1.88 bits per heavy atom. The molecule has 0 saturated heterocycles. The van der Waals surface area contributed by atoms with Gasteiger partial charge in [0.25, 0.3) is 11.8 Å². The lowest BCUT2D eigenvalue weighted by molar-refractivity contribution is 0.0610. The summed E-state index contributed by atoms with van der Waals surface area (Å²) in [6.45, 7) is 2.33. The van der Waals surface area contributed by atoms with E-state index >= 15 is 0 Å². The highest BCUT2D eigenvalue weighted by Gasteiger charge is 2.35. The molecule has 0 spiro atoms. The van der Waals surface area contributed by atoms with Crippen molar-refractivity contribution in [3.8, 4) is 35.0 Å². The van der Waals surface area contributed by atoms with E-state index < -0.39 is 5.91 Å². The molecule has 2 amide bonds. The van der Waals surface area contributed by atoms with Crippen LogP contribution >= 0.6 is 15.9 Å². The predicted molar refractivity (Wildman–Crippen MR) is 184 cm³/mol. The predicted octanol–water partition coefficient (Wildman–Crippen LogP) is 5.36. The number of nitrogens with one attached hydrogen (secondary N) is 1. The van der Waals surface area contributed by atoms with Gasteiger partial charge in [0.1, 0.15) is 17.8 Å². The fourth-order valence-electron chi connectivity index (χ4n) is 5.98. The number of ether oxygens (including phenoxy) is 1. The number of carbonyl (C=O) groups is 2. The summed E-state index contributed by atoms with van der Waals surface area (Å²) >= 11 is 3.43. The highest BCUT2D eigenvalue weighted by atomic mass is 79.9. The van der Waals surface area contributed by atoms with Crippen LogP contribution in [0.4, 0.5) is 0 Å². The fraction of sp³-hybridized carbons (Fsp3) is 0.216. The normalized spacial score (nSPS) is 15.4. The van der Waals surface area contributed by atoms with Crippen molar-refractivity contribution >= 4 is 27.7 Å². The molecule has 1 aliphatic carbocycles. The number of amides is 2. The van der Waals surface area contributed by atoms with E-state index in [1.54, 1.807) is 46.0 Å². The molecule has 1 fully saturated rings. The van der Waals surface area contributed by atoms with E-state index in [2.05, 4.69) is 37.1 Å². The number of imidazole rings is 1. The van der Waals surface area contributed by atoms with Crippen molar-refractivity contribution in [3.63, 3.8) is 0 Å². The summed E-state index contributed by atoms with van der Waals surface area (Å²) < 4.78 is 9.66. The average molecular weight is 704 g/mol. The largest absolute Gasteiger partial charge is 0.490 e. The number of terminal acetylenes is 1. The zero-order chi connectivity index (χ0) is 33.4. The number of fused-ring (bicyclic) bond motifs is 1. The quantitative estimate of drug-likeness (QED) is 0.218. The summed E-state index contributed by atoms with van der Waals surface area (Å²) in [4.78, 5) is 52.3. The third kappa shape index (κ3) is 6.02. The molecule has 10 nitrogen and oxygen atoms in total. The van der Waals surface area contributed by atoms with E-state index in [1.807, 2.05) is 49.4 Å². The molecule has 2 aromatic heterocycles. The van der Waals surface area contributed by atoms with Gasteiger partial charge in [-0.25, -0.2) is 14.8 Å². The SMILES string of the molecule is C#Cc1cc(C(=O)N2Cc3c(C(=O)NCc4ccccc4-c4ccncn4)n(-c4ccc(OC5CC5)cc4)c(=O)n3C[C@H]2C)ccc1Br. The van der Waals surface area contributed by atoms with E-state index in [4.69, 9.17) is 11.2 Å². The molecule has 11 heteroatoms. The molecule has 1 saturated carbocycles. The Morgan fingerprint density at radius 3 is 2.60 bits per heavy atom. The molecule has 1 atom stereocenters. The number of hydrogen-bond donors (Lipinski definition) is 1. The van der Waals surface area contributed by atoms with Crippen LogP contribution < -0.4 is 15.7 Å². The lowest BCUT2D eigenvalue weighted by Crippen LogP contribution is -2.47. The van der Waals surface area contributed by atoms with Crippen LogP contribution in [0.1, 0.15) is 57.4 Å².